The fraction of sp³-hybridized carbons (Fsp3) is 0.267. The first-order valence-corrected chi connectivity index (χ1v) is 8.99. The molecule has 0 amide bonds. The van der Waals surface area contributed by atoms with Crippen LogP contribution < -0.4 is 4.72 Å². The molecule has 0 aliphatic rings. The van der Waals surface area contributed by atoms with Crippen molar-refractivity contribution in [1.29, 1.82) is 5.26 Å². The predicted octanol–water partition coefficient (Wildman–Crippen LogP) is 3.44. The van der Waals surface area contributed by atoms with E-state index in [1.807, 2.05) is 30.5 Å². The molecule has 0 saturated carbocycles. The molecule has 2 aromatic rings. The summed E-state index contributed by atoms with van der Waals surface area (Å²) in [4.78, 5) is 1.19. The normalized spacial score (nSPS) is 12.8. The van der Waals surface area contributed by atoms with E-state index in [1.165, 1.54) is 24.3 Å². The van der Waals surface area contributed by atoms with Crippen molar-refractivity contribution in [3.63, 3.8) is 0 Å². The maximum absolute atomic E-state index is 12.4. The predicted molar refractivity (Wildman–Crippen MR) is 83.4 cm³/mol. The molecule has 110 valence electrons. The average molecular weight is 320 g/mol. The monoisotopic (exact) mass is 320 g/mol. The molecule has 1 atom stereocenters. The van der Waals surface area contributed by atoms with Crippen molar-refractivity contribution < 1.29 is 8.42 Å². The first-order valence-electron chi connectivity index (χ1n) is 6.62. The lowest BCUT2D eigenvalue weighted by Gasteiger charge is -2.17. The lowest BCUT2D eigenvalue weighted by atomic mass is 10.1. The van der Waals surface area contributed by atoms with Gasteiger partial charge in [0, 0.05) is 4.88 Å². The van der Waals surface area contributed by atoms with Gasteiger partial charge in [0.25, 0.3) is 0 Å². The molecule has 1 aromatic heterocycles. The van der Waals surface area contributed by atoms with Crippen molar-refractivity contribution in [3.8, 4) is 6.07 Å². The molecule has 0 bridgehead atoms. The maximum Gasteiger partial charge on any atom is 0.241 e. The van der Waals surface area contributed by atoms with E-state index in [4.69, 9.17) is 5.26 Å². The third-order valence-electron chi connectivity index (χ3n) is 3.06. The Morgan fingerprint density at radius 3 is 2.52 bits per heavy atom. The van der Waals surface area contributed by atoms with Gasteiger partial charge in [0.1, 0.15) is 0 Å². The van der Waals surface area contributed by atoms with Crippen LogP contribution in [0.25, 0.3) is 0 Å². The molecule has 2 rings (SSSR count). The summed E-state index contributed by atoms with van der Waals surface area (Å²) in [6.07, 6.45) is 1.63. The van der Waals surface area contributed by atoms with Gasteiger partial charge in [-0.15, -0.1) is 11.3 Å². The average Bonchev–Trinajstić information content (AvgIpc) is 3.01. The van der Waals surface area contributed by atoms with E-state index in [2.05, 4.69) is 4.72 Å². The lowest BCUT2D eigenvalue weighted by molar-refractivity contribution is 0.540. The molecule has 4 nitrogen and oxygen atoms in total. The smallest absolute Gasteiger partial charge is 0.207 e. The van der Waals surface area contributed by atoms with Crippen LogP contribution in [-0.4, -0.2) is 8.42 Å². The van der Waals surface area contributed by atoms with Gasteiger partial charge in [-0.2, -0.15) is 5.26 Å². The number of nitriles is 1. The van der Waals surface area contributed by atoms with E-state index >= 15 is 0 Å². The molecule has 0 aliphatic carbocycles. The molecule has 1 N–H and O–H groups in total. The zero-order valence-corrected chi connectivity index (χ0v) is 13.2. The third-order valence-corrected chi connectivity index (χ3v) is 5.53. The molecule has 1 unspecified atom stereocenters. The molecule has 0 aliphatic heterocycles. The van der Waals surface area contributed by atoms with Crippen LogP contribution in [0.1, 0.15) is 36.2 Å². The second-order valence-corrected chi connectivity index (χ2v) is 7.31. The number of thiophene rings is 1. The summed E-state index contributed by atoms with van der Waals surface area (Å²) in [7, 11) is -3.59. The molecule has 21 heavy (non-hydrogen) atoms. The van der Waals surface area contributed by atoms with Gasteiger partial charge in [-0.3, -0.25) is 0 Å². The van der Waals surface area contributed by atoms with Crippen LogP contribution in [0.4, 0.5) is 0 Å². The minimum atomic E-state index is -3.59. The summed E-state index contributed by atoms with van der Waals surface area (Å²) < 4.78 is 27.6. The van der Waals surface area contributed by atoms with Gasteiger partial charge in [-0.1, -0.05) is 19.4 Å². The Labute approximate surface area is 129 Å². The van der Waals surface area contributed by atoms with Crippen LogP contribution in [0.15, 0.2) is 46.7 Å². The van der Waals surface area contributed by atoms with Crippen LogP contribution in [0.3, 0.4) is 0 Å². The molecular weight excluding hydrogens is 304 g/mol. The van der Waals surface area contributed by atoms with E-state index in [1.54, 1.807) is 11.3 Å². The fourth-order valence-corrected chi connectivity index (χ4v) is 4.14. The molecule has 0 spiro atoms. The summed E-state index contributed by atoms with van der Waals surface area (Å²) >= 11 is 1.54. The lowest BCUT2D eigenvalue weighted by Crippen LogP contribution is -2.28. The van der Waals surface area contributed by atoms with E-state index in [-0.39, 0.29) is 10.9 Å². The van der Waals surface area contributed by atoms with Crippen molar-refractivity contribution in [2.75, 3.05) is 0 Å². The highest BCUT2D eigenvalue weighted by Crippen LogP contribution is 2.25. The Morgan fingerprint density at radius 1 is 1.29 bits per heavy atom. The molecule has 1 aromatic carbocycles. The van der Waals surface area contributed by atoms with E-state index < -0.39 is 10.0 Å². The van der Waals surface area contributed by atoms with E-state index in [9.17, 15) is 8.42 Å². The zero-order valence-electron chi connectivity index (χ0n) is 11.6. The fourth-order valence-electron chi connectivity index (χ4n) is 2.00. The van der Waals surface area contributed by atoms with Crippen molar-refractivity contribution >= 4 is 21.4 Å². The summed E-state index contributed by atoms with van der Waals surface area (Å²) in [5, 5.41) is 10.7. The van der Waals surface area contributed by atoms with Crippen molar-refractivity contribution in [3.05, 3.63) is 52.2 Å². The number of benzene rings is 1. The molecular formula is C15H16N2O2S2. The maximum atomic E-state index is 12.4. The molecule has 0 fully saturated rings. The first-order chi connectivity index (χ1) is 10.1. The number of nitrogens with zero attached hydrogens (tertiary/aromatic N) is 1. The summed E-state index contributed by atoms with van der Waals surface area (Å²) in [5.41, 5.74) is 0.442. The summed E-state index contributed by atoms with van der Waals surface area (Å²) in [6.45, 7) is 2.02. The van der Waals surface area contributed by atoms with Gasteiger partial charge in [-0.05, 0) is 42.1 Å². The highest BCUT2D eigenvalue weighted by molar-refractivity contribution is 7.89. The Balaban J connectivity index is 2.24. The van der Waals surface area contributed by atoms with Crippen LogP contribution in [0, 0.1) is 11.3 Å². The third kappa shape index (κ3) is 3.91. The Bertz CT molecular complexity index is 714. The standard InChI is InChI=1S/C15H16N2O2S2/c1-2-4-14(15-5-3-10-20-15)17-21(18,19)13-8-6-12(11-16)7-9-13/h3,5-10,14,17H,2,4H2,1H3. The van der Waals surface area contributed by atoms with Crippen LogP contribution in [-0.2, 0) is 10.0 Å². The van der Waals surface area contributed by atoms with Gasteiger partial charge in [0.05, 0.1) is 22.6 Å². The minimum Gasteiger partial charge on any atom is -0.207 e. The van der Waals surface area contributed by atoms with Gasteiger partial charge < -0.3 is 0 Å². The van der Waals surface area contributed by atoms with Gasteiger partial charge in [0.2, 0.25) is 10.0 Å². The highest BCUT2D eigenvalue weighted by atomic mass is 32.2. The second kappa shape index (κ2) is 6.85. The van der Waals surface area contributed by atoms with E-state index in [0.29, 0.717) is 5.56 Å². The summed E-state index contributed by atoms with van der Waals surface area (Å²) in [5.74, 6) is 0. The van der Waals surface area contributed by atoms with Crippen molar-refractivity contribution in [2.45, 2.75) is 30.7 Å². The second-order valence-electron chi connectivity index (χ2n) is 4.61. The number of sulfonamides is 1. The minimum absolute atomic E-state index is 0.180. The van der Waals surface area contributed by atoms with Crippen molar-refractivity contribution in [2.24, 2.45) is 0 Å². The van der Waals surface area contributed by atoms with Crippen LogP contribution in [0.2, 0.25) is 0 Å². The van der Waals surface area contributed by atoms with Gasteiger partial charge >= 0.3 is 0 Å². The van der Waals surface area contributed by atoms with Gasteiger partial charge in [0.15, 0.2) is 0 Å². The largest absolute Gasteiger partial charge is 0.241 e. The van der Waals surface area contributed by atoms with E-state index in [0.717, 1.165) is 17.7 Å². The number of nitrogens with one attached hydrogen (secondary N) is 1. The number of rotatable bonds is 6. The van der Waals surface area contributed by atoms with Crippen molar-refractivity contribution in [1.82, 2.24) is 4.72 Å². The molecule has 0 saturated heterocycles. The Morgan fingerprint density at radius 2 is 2.00 bits per heavy atom. The SMILES string of the molecule is CCCC(NS(=O)(=O)c1ccc(C#N)cc1)c1cccs1. The molecule has 1 heterocycles. The zero-order chi connectivity index (χ0) is 15.3. The van der Waals surface area contributed by atoms with Gasteiger partial charge in [-0.25, -0.2) is 13.1 Å². The Hall–Kier alpha value is -1.68. The van der Waals surface area contributed by atoms with Crippen LogP contribution in [0.5, 0.6) is 0 Å². The molecule has 0 radical (unpaired) electrons. The number of hydrogen-bond donors (Lipinski definition) is 1. The Kier molecular flexibility index (Phi) is 5.12. The first kappa shape index (κ1) is 15.7. The quantitative estimate of drug-likeness (QED) is 0.886. The summed E-state index contributed by atoms with van der Waals surface area (Å²) in [6, 6.07) is 11.5. The molecule has 6 heteroatoms. The highest BCUT2D eigenvalue weighted by Gasteiger charge is 2.21. The topological polar surface area (TPSA) is 70.0 Å². The number of hydrogen-bond acceptors (Lipinski definition) is 4. The van der Waals surface area contributed by atoms with Crippen LogP contribution >= 0.6 is 11.3 Å².